The van der Waals surface area contributed by atoms with Gasteiger partial charge in [-0.2, -0.15) is 0 Å². The highest BCUT2D eigenvalue weighted by atomic mass is 15.2. The number of piperazine rings is 1. The maximum absolute atomic E-state index is 4.91. The minimum atomic E-state index is 0.365. The summed E-state index contributed by atoms with van der Waals surface area (Å²) in [7, 11) is 0. The molecule has 0 bridgehead atoms. The highest BCUT2D eigenvalue weighted by Gasteiger charge is 2.23. The maximum Gasteiger partial charge on any atom is 0.112 e. The third-order valence-electron chi connectivity index (χ3n) is 5.11. The number of nitrogens with zero attached hydrogens (tertiary/aromatic N) is 3. The van der Waals surface area contributed by atoms with Crippen molar-refractivity contribution in [1.82, 2.24) is 14.9 Å². The largest absolute Gasteiger partial charge is 0.367 e. The number of aryl methyl sites for hydroxylation is 2. The highest BCUT2D eigenvalue weighted by molar-refractivity contribution is 5.89. The standard InChI is InChI=1S/C21H26N4/c1-3-13-25-16(2)23-21-19(10-7-11-20(21)25)24-14-12-22-18(15-24)17-8-5-4-6-9-17/h4-11,18,22H,3,12-15H2,1-2H3. The summed E-state index contributed by atoms with van der Waals surface area (Å²) in [6, 6.07) is 17.7. The van der Waals surface area contributed by atoms with Gasteiger partial charge in [-0.1, -0.05) is 43.3 Å². The summed E-state index contributed by atoms with van der Waals surface area (Å²) < 4.78 is 2.34. The first kappa shape index (κ1) is 16.2. The van der Waals surface area contributed by atoms with Crippen LogP contribution in [0.5, 0.6) is 0 Å². The van der Waals surface area contributed by atoms with Gasteiger partial charge in [-0.3, -0.25) is 0 Å². The molecule has 1 aromatic heterocycles. The van der Waals surface area contributed by atoms with Crippen molar-refractivity contribution in [3.05, 3.63) is 59.9 Å². The third-order valence-corrected chi connectivity index (χ3v) is 5.11. The Hall–Kier alpha value is -2.33. The van der Waals surface area contributed by atoms with E-state index in [1.807, 2.05) is 0 Å². The van der Waals surface area contributed by atoms with Gasteiger partial charge in [0.15, 0.2) is 0 Å². The first-order valence-electron chi connectivity index (χ1n) is 9.27. The zero-order chi connectivity index (χ0) is 17.2. The number of imidazole rings is 1. The minimum absolute atomic E-state index is 0.365. The van der Waals surface area contributed by atoms with Crippen molar-refractivity contribution in [1.29, 1.82) is 0 Å². The number of anilines is 1. The van der Waals surface area contributed by atoms with Crippen molar-refractivity contribution >= 4 is 16.7 Å². The summed E-state index contributed by atoms with van der Waals surface area (Å²) in [6.45, 7) is 8.34. The van der Waals surface area contributed by atoms with Crippen LogP contribution in [0, 0.1) is 6.92 Å². The molecule has 0 radical (unpaired) electrons. The molecule has 0 aliphatic carbocycles. The molecule has 0 amide bonds. The Labute approximate surface area is 149 Å². The molecule has 2 aromatic carbocycles. The zero-order valence-corrected chi connectivity index (χ0v) is 15.1. The van der Waals surface area contributed by atoms with E-state index in [-0.39, 0.29) is 0 Å². The van der Waals surface area contributed by atoms with E-state index in [0.29, 0.717) is 6.04 Å². The molecule has 1 N–H and O–H groups in total. The maximum atomic E-state index is 4.91. The summed E-state index contributed by atoms with van der Waals surface area (Å²) in [4.78, 5) is 7.39. The van der Waals surface area contributed by atoms with Crippen molar-refractivity contribution in [2.24, 2.45) is 0 Å². The second-order valence-corrected chi connectivity index (χ2v) is 6.82. The molecule has 1 saturated heterocycles. The number of nitrogens with one attached hydrogen (secondary N) is 1. The molecule has 3 aromatic rings. The molecule has 4 nitrogen and oxygen atoms in total. The summed E-state index contributed by atoms with van der Waals surface area (Å²) in [5.41, 5.74) is 5.01. The minimum Gasteiger partial charge on any atom is -0.367 e. The predicted molar refractivity (Wildman–Crippen MR) is 104 cm³/mol. The van der Waals surface area contributed by atoms with Gasteiger partial charge in [0.2, 0.25) is 0 Å². The van der Waals surface area contributed by atoms with E-state index in [4.69, 9.17) is 4.98 Å². The summed E-state index contributed by atoms with van der Waals surface area (Å²) in [6.07, 6.45) is 1.13. The molecule has 1 aliphatic heterocycles. The highest BCUT2D eigenvalue weighted by Crippen LogP contribution is 2.30. The van der Waals surface area contributed by atoms with Crippen molar-refractivity contribution in [3.8, 4) is 0 Å². The van der Waals surface area contributed by atoms with Gasteiger partial charge in [0.25, 0.3) is 0 Å². The fraction of sp³-hybridized carbons (Fsp3) is 0.381. The van der Waals surface area contributed by atoms with Gasteiger partial charge >= 0.3 is 0 Å². The van der Waals surface area contributed by atoms with E-state index in [1.54, 1.807) is 0 Å². The van der Waals surface area contributed by atoms with Crippen LogP contribution in [-0.4, -0.2) is 29.2 Å². The van der Waals surface area contributed by atoms with Gasteiger partial charge < -0.3 is 14.8 Å². The molecule has 130 valence electrons. The van der Waals surface area contributed by atoms with E-state index in [0.717, 1.165) is 43.9 Å². The average molecular weight is 334 g/mol. The molecule has 4 rings (SSSR count). The van der Waals surface area contributed by atoms with E-state index >= 15 is 0 Å². The number of rotatable bonds is 4. The van der Waals surface area contributed by atoms with Crippen molar-refractivity contribution in [2.75, 3.05) is 24.5 Å². The predicted octanol–water partition coefficient (Wildman–Crippen LogP) is 3.91. The lowest BCUT2D eigenvalue weighted by atomic mass is 10.0. The molecule has 2 heterocycles. The van der Waals surface area contributed by atoms with Gasteiger partial charge in [-0.05, 0) is 31.0 Å². The topological polar surface area (TPSA) is 33.1 Å². The quantitative estimate of drug-likeness (QED) is 0.785. The third kappa shape index (κ3) is 3.02. The number of fused-ring (bicyclic) bond motifs is 1. The molecule has 0 saturated carbocycles. The Morgan fingerprint density at radius 2 is 1.96 bits per heavy atom. The average Bonchev–Trinajstić information content (AvgIpc) is 2.98. The van der Waals surface area contributed by atoms with Gasteiger partial charge in [-0.15, -0.1) is 0 Å². The number of para-hydroxylation sites is 1. The fourth-order valence-corrected chi connectivity index (χ4v) is 3.89. The Bertz CT molecular complexity index is 853. The lowest BCUT2D eigenvalue weighted by Gasteiger charge is -2.35. The smallest absolute Gasteiger partial charge is 0.112 e. The van der Waals surface area contributed by atoms with E-state index < -0.39 is 0 Å². The molecule has 1 aliphatic rings. The fourth-order valence-electron chi connectivity index (χ4n) is 3.89. The van der Waals surface area contributed by atoms with Gasteiger partial charge in [0, 0.05) is 32.2 Å². The number of hydrogen-bond donors (Lipinski definition) is 1. The molecule has 1 atom stereocenters. The van der Waals surface area contributed by atoms with Crippen LogP contribution in [-0.2, 0) is 6.54 Å². The van der Waals surface area contributed by atoms with Crippen LogP contribution in [0.25, 0.3) is 11.0 Å². The molecule has 0 spiro atoms. The Kier molecular flexibility index (Phi) is 4.45. The van der Waals surface area contributed by atoms with Crippen molar-refractivity contribution < 1.29 is 0 Å². The molecule has 4 heteroatoms. The zero-order valence-electron chi connectivity index (χ0n) is 15.1. The normalized spacial score (nSPS) is 18.0. The van der Waals surface area contributed by atoms with Crippen molar-refractivity contribution in [3.63, 3.8) is 0 Å². The van der Waals surface area contributed by atoms with Gasteiger partial charge in [-0.25, -0.2) is 4.98 Å². The monoisotopic (exact) mass is 334 g/mol. The van der Waals surface area contributed by atoms with Crippen LogP contribution >= 0.6 is 0 Å². The van der Waals surface area contributed by atoms with Crippen LogP contribution in [0.4, 0.5) is 5.69 Å². The van der Waals surface area contributed by atoms with Crippen LogP contribution < -0.4 is 10.2 Å². The Morgan fingerprint density at radius 1 is 1.12 bits per heavy atom. The molecule has 1 unspecified atom stereocenters. The van der Waals surface area contributed by atoms with Gasteiger partial charge in [0.05, 0.1) is 11.2 Å². The second-order valence-electron chi connectivity index (χ2n) is 6.82. The second kappa shape index (κ2) is 6.89. The lowest BCUT2D eigenvalue weighted by Crippen LogP contribution is -2.45. The molecule has 1 fully saturated rings. The van der Waals surface area contributed by atoms with Crippen LogP contribution in [0.15, 0.2) is 48.5 Å². The number of benzene rings is 2. The number of hydrogen-bond acceptors (Lipinski definition) is 3. The lowest BCUT2D eigenvalue weighted by molar-refractivity contribution is 0.472. The van der Waals surface area contributed by atoms with Crippen LogP contribution in [0.3, 0.4) is 0 Å². The van der Waals surface area contributed by atoms with E-state index in [9.17, 15) is 0 Å². The van der Waals surface area contributed by atoms with Crippen LogP contribution in [0.2, 0.25) is 0 Å². The van der Waals surface area contributed by atoms with Crippen molar-refractivity contribution in [2.45, 2.75) is 32.9 Å². The molecule has 25 heavy (non-hydrogen) atoms. The summed E-state index contributed by atoms with van der Waals surface area (Å²) in [5.74, 6) is 1.11. The summed E-state index contributed by atoms with van der Waals surface area (Å²) >= 11 is 0. The van der Waals surface area contributed by atoms with E-state index in [2.05, 4.69) is 77.2 Å². The van der Waals surface area contributed by atoms with Gasteiger partial charge in [0.1, 0.15) is 11.3 Å². The number of aromatic nitrogens is 2. The first-order valence-corrected chi connectivity index (χ1v) is 9.27. The Morgan fingerprint density at radius 3 is 2.76 bits per heavy atom. The first-order chi connectivity index (χ1) is 12.3. The molecular weight excluding hydrogens is 308 g/mol. The SMILES string of the molecule is CCCn1c(C)nc2c(N3CCNC(c4ccccc4)C3)cccc21. The van der Waals surface area contributed by atoms with E-state index in [1.165, 1.54) is 16.8 Å². The Balaban J connectivity index is 1.68. The van der Waals surface area contributed by atoms with Crippen LogP contribution in [0.1, 0.15) is 30.8 Å². The molecular formula is C21H26N4. The summed E-state index contributed by atoms with van der Waals surface area (Å²) in [5, 5.41) is 3.65.